The minimum absolute atomic E-state index is 0.204. The number of thiazole rings is 1. The van der Waals surface area contributed by atoms with Crippen LogP contribution in [-0.4, -0.2) is 18.4 Å². The number of sulfonamides is 1. The van der Waals surface area contributed by atoms with E-state index in [4.69, 9.17) is 0 Å². The summed E-state index contributed by atoms with van der Waals surface area (Å²) in [7, 11) is -3.65. The molecule has 130 valence electrons. The zero-order valence-electron chi connectivity index (χ0n) is 13.3. The van der Waals surface area contributed by atoms with Crippen molar-refractivity contribution in [2.24, 2.45) is 0 Å². The van der Waals surface area contributed by atoms with E-state index in [1.54, 1.807) is 48.7 Å². The number of hydrogen-bond donors (Lipinski definition) is 1. The number of nitrogens with zero attached hydrogens (tertiary/aromatic N) is 2. The minimum Gasteiger partial charge on any atom is -0.280 e. The van der Waals surface area contributed by atoms with Crippen LogP contribution in [0.5, 0.6) is 0 Å². The third-order valence-corrected chi connectivity index (χ3v) is 6.61. The Morgan fingerprint density at radius 1 is 1.00 bits per heavy atom. The van der Waals surface area contributed by atoms with Crippen LogP contribution in [0.4, 0.5) is 5.69 Å². The first kappa shape index (κ1) is 17.1. The first-order valence-corrected chi connectivity index (χ1v) is 10.7. The lowest BCUT2D eigenvalue weighted by Crippen LogP contribution is -2.12. The number of anilines is 1. The van der Waals surface area contributed by atoms with Crippen molar-refractivity contribution in [3.05, 3.63) is 71.3 Å². The summed E-state index contributed by atoms with van der Waals surface area (Å²) >= 11 is 4.77. The smallest absolute Gasteiger partial charge is 0.261 e. The highest BCUT2D eigenvalue weighted by Gasteiger charge is 2.15. The zero-order chi connectivity index (χ0) is 18.1. The lowest BCUT2D eigenvalue weighted by molar-refractivity contribution is 0.601. The van der Waals surface area contributed by atoms with Crippen LogP contribution in [0.2, 0.25) is 0 Å². The van der Waals surface area contributed by atoms with Gasteiger partial charge in [0.25, 0.3) is 10.0 Å². The molecule has 1 N–H and O–H groups in total. The van der Waals surface area contributed by atoms with E-state index in [0.29, 0.717) is 5.69 Å². The molecule has 0 aliphatic heterocycles. The molecule has 5 nitrogen and oxygen atoms in total. The molecule has 0 aliphatic carbocycles. The first-order valence-electron chi connectivity index (χ1n) is 7.62. The van der Waals surface area contributed by atoms with E-state index >= 15 is 0 Å². The van der Waals surface area contributed by atoms with Crippen molar-refractivity contribution in [1.29, 1.82) is 0 Å². The average Bonchev–Trinajstić information content (AvgIpc) is 3.06. The number of fused-ring (bicyclic) bond motifs is 1. The predicted octanol–water partition coefficient (Wildman–Crippen LogP) is 4.92. The van der Waals surface area contributed by atoms with Gasteiger partial charge in [-0.15, -0.1) is 0 Å². The molecule has 4 rings (SSSR count). The number of pyridine rings is 1. The molecule has 8 heteroatoms. The van der Waals surface area contributed by atoms with E-state index in [0.717, 1.165) is 25.4 Å². The quantitative estimate of drug-likeness (QED) is 0.483. The van der Waals surface area contributed by atoms with Crippen LogP contribution in [0.1, 0.15) is 0 Å². The van der Waals surface area contributed by atoms with Gasteiger partial charge in [0, 0.05) is 21.9 Å². The SMILES string of the molecule is O=S(=O)(Nc1cccc(-c2nc3cccnc3s2)c1)c1ccc(Br)cc1. The lowest BCUT2D eigenvalue weighted by Gasteiger charge is -2.09. The highest BCUT2D eigenvalue weighted by molar-refractivity contribution is 9.10. The molecule has 2 aromatic carbocycles. The maximum absolute atomic E-state index is 12.6. The molecule has 0 atom stereocenters. The number of benzene rings is 2. The monoisotopic (exact) mass is 445 g/mol. The van der Waals surface area contributed by atoms with Crippen LogP contribution in [0, 0.1) is 0 Å². The van der Waals surface area contributed by atoms with E-state index in [2.05, 4.69) is 30.6 Å². The topological polar surface area (TPSA) is 72.0 Å². The van der Waals surface area contributed by atoms with Gasteiger partial charge >= 0.3 is 0 Å². The van der Waals surface area contributed by atoms with Crippen LogP contribution in [-0.2, 0) is 10.0 Å². The molecule has 2 heterocycles. The Bertz CT molecular complexity index is 1160. The highest BCUT2D eigenvalue weighted by Crippen LogP contribution is 2.30. The summed E-state index contributed by atoms with van der Waals surface area (Å²) in [6.45, 7) is 0. The lowest BCUT2D eigenvalue weighted by atomic mass is 10.2. The molecule has 0 unspecified atom stereocenters. The fraction of sp³-hybridized carbons (Fsp3) is 0. The fourth-order valence-corrected chi connectivity index (χ4v) is 4.65. The second-order valence-corrected chi connectivity index (χ2v) is 9.06. The van der Waals surface area contributed by atoms with Gasteiger partial charge in [0.1, 0.15) is 15.4 Å². The number of aromatic nitrogens is 2. The predicted molar refractivity (Wildman–Crippen MR) is 108 cm³/mol. The highest BCUT2D eigenvalue weighted by atomic mass is 79.9. The van der Waals surface area contributed by atoms with Gasteiger partial charge in [-0.1, -0.05) is 39.4 Å². The molecule has 0 fully saturated rings. The van der Waals surface area contributed by atoms with E-state index in [9.17, 15) is 8.42 Å². The van der Waals surface area contributed by atoms with Gasteiger partial charge in [0.15, 0.2) is 0 Å². The molecule has 0 spiro atoms. The van der Waals surface area contributed by atoms with E-state index in [1.165, 1.54) is 11.3 Å². The summed E-state index contributed by atoms with van der Waals surface area (Å²) in [6.07, 6.45) is 1.73. The average molecular weight is 446 g/mol. The summed E-state index contributed by atoms with van der Waals surface area (Å²) < 4.78 is 28.5. The molecule has 4 aromatic rings. The van der Waals surface area contributed by atoms with Gasteiger partial charge in [-0.25, -0.2) is 18.4 Å². The second-order valence-electron chi connectivity index (χ2n) is 5.49. The molecular weight excluding hydrogens is 434 g/mol. The Labute approximate surface area is 162 Å². The van der Waals surface area contributed by atoms with Crippen molar-refractivity contribution < 1.29 is 8.42 Å². The Morgan fingerprint density at radius 3 is 2.58 bits per heavy atom. The van der Waals surface area contributed by atoms with Crippen molar-refractivity contribution in [3.63, 3.8) is 0 Å². The number of hydrogen-bond acceptors (Lipinski definition) is 5. The van der Waals surface area contributed by atoms with Gasteiger partial charge in [0.05, 0.1) is 4.90 Å². The molecule has 26 heavy (non-hydrogen) atoms. The number of halogens is 1. The zero-order valence-corrected chi connectivity index (χ0v) is 16.5. The molecular formula is C18H12BrN3O2S2. The molecule has 0 radical (unpaired) electrons. The molecule has 0 saturated carbocycles. The summed E-state index contributed by atoms with van der Waals surface area (Å²) in [5.41, 5.74) is 2.15. The molecule has 2 aromatic heterocycles. The Kier molecular flexibility index (Phi) is 4.47. The molecule has 0 bridgehead atoms. The molecule has 0 amide bonds. The second kappa shape index (κ2) is 6.79. The van der Waals surface area contributed by atoms with Crippen molar-refractivity contribution in [3.8, 4) is 10.6 Å². The van der Waals surface area contributed by atoms with Gasteiger partial charge in [0.2, 0.25) is 0 Å². The third-order valence-electron chi connectivity index (χ3n) is 3.65. The van der Waals surface area contributed by atoms with Gasteiger partial charge in [-0.3, -0.25) is 4.72 Å². The van der Waals surface area contributed by atoms with E-state index in [1.807, 2.05) is 18.2 Å². The van der Waals surface area contributed by atoms with Crippen LogP contribution < -0.4 is 4.72 Å². The maximum atomic E-state index is 12.6. The van der Waals surface area contributed by atoms with Gasteiger partial charge < -0.3 is 0 Å². The Hall–Kier alpha value is -2.29. The van der Waals surface area contributed by atoms with Crippen molar-refractivity contribution >= 4 is 53.3 Å². The van der Waals surface area contributed by atoms with E-state index < -0.39 is 10.0 Å². The van der Waals surface area contributed by atoms with Gasteiger partial charge in [-0.05, 0) is 48.5 Å². The number of rotatable bonds is 4. The fourth-order valence-electron chi connectivity index (χ4n) is 2.44. The standard InChI is InChI=1S/C18H12BrN3O2S2/c19-13-6-8-15(9-7-13)26(23,24)22-14-4-1-3-12(11-14)17-21-16-5-2-10-20-18(16)25-17/h1-11,22H. The van der Waals surface area contributed by atoms with Gasteiger partial charge in [-0.2, -0.15) is 0 Å². The van der Waals surface area contributed by atoms with Crippen LogP contribution >= 0.6 is 27.3 Å². The Balaban J connectivity index is 1.66. The summed E-state index contributed by atoms with van der Waals surface area (Å²) in [4.78, 5) is 9.91. The normalized spacial score (nSPS) is 11.6. The van der Waals surface area contributed by atoms with Crippen LogP contribution in [0.3, 0.4) is 0 Å². The van der Waals surface area contributed by atoms with Crippen molar-refractivity contribution in [1.82, 2.24) is 9.97 Å². The van der Waals surface area contributed by atoms with Crippen molar-refractivity contribution in [2.75, 3.05) is 4.72 Å². The largest absolute Gasteiger partial charge is 0.280 e. The first-order chi connectivity index (χ1) is 12.5. The van der Waals surface area contributed by atoms with E-state index in [-0.39, 0.29) is 4.90 Å². The summed E-state index contributed by atoms with van der Waals surface area (Å²) in [5.74, 6) is 0. The minimum atomic E-state index is -3.65. The third kappa shape index (κ3) is 3.48. The summed E-state index contributed by atoms with van der Waals surface area (Å²) in [5, 5.41) is 0.795. The van der Waals surface area contributed by atoms with Crippen molar-refractivity contribution in [2.45, 2.75) is 4.90 Å². The molecule has 0 saturated heterocycles. The maximum Gasteiger partial charge on any atom is 0.261 e. The van der Waals surface area contributed by atoms with Crippen LogP contribution in [0.25, 0.3) is 20.9 Å². The van der Waals surface area contributed by atoms with Crippen LogP contribution in [0.15, 0.2) is 76.2 Å². The Morgan fingerprint density at radius 2 is 1.81 bits per heavy atom. The molecule has 0 aliphatic rings. The summed E-state index contributed by atoms with van der Waals surface area (Å²) in [6, 6.07) is 17.4. The number of nitrogens with one attached hydrogen (secondary N) is 1.